The molecule has 128 valence electrons. The van der Waals surface area contributed by atoms with Crippen LogP contribution in [0.15, 0.2) is 67.3 Å². The first kappa shape index (κ1) is 16.9. The second-order valence-electron chi connectivity index (χ2n) is 6.28. The molecule has 3 aromatic rings. The predicted molar refractivity (Wildman–Crippen MR) is 96.5 cm³/mol. The second kappa shape index (κ2) is 7.30. The van der Waals surface area contributed by atoms with Gasteiger partial charge in [0.15, 0.2) is 0 Å². The van der Waals surface area contributed by atoms with Crippen LogP contribution in [-0.4, -0.2) is 22.0 Å². The number of rotatable bonds is 5. The highest BCUT2D eigenvalue weighted by atomic mass is 19.1. The molecule has 1 amide bonds. The molecule has 0 fully saturated rings. The molecule has 1 heterocycles. The van der Waals surface area contributed by atoms with Gasteiger partial charge in [-0.2, -0.15) is 0 Å². The van der Waals surface area contributed by atoms with E-state index in [-0.39, 0.29) is 17.4 Å². The average Bonchev–Trinajstić information content (AvgIpc) is 3.14. The molecule has 0 saturated heterocycles. The van der Waals surface area contributed by atoms with Gasteiger partial charge in [-0.15, -0.1) is 0 Å². The number of carbonyl (C=O) groups excluding carboxylic acids is 1. The summed E-state index contributed by atoms with van der Waals surface area (Å²) in [6.45, 7) is 4.56. The van der Waals surface area contributed by atoms with Crippen molar-refractivity contribution < 1.29 is 9.18 Å². The Morgan fingerprint density at radius 3 is 2.68 bits per heavy atom. The normalized spacial score (nSPS) is 10.9. The first-order valence-corrected chi connectivity index (χ1v) is 8.21. The highest BCUT2D eigenvalue weighted by Gasteiger charge is 2.21. The van der Waals surface area contributed by atoms with Crippen molar-refractivity contribution in [1.82, 2.24) is 9.55 Å². The van der Waals surface area contributed by atoms with E-state index < -0.39 is 5.82 Å². The highest BCUT2D eigenvalue weighted by molar-refractivity contribution is 6.06. The van der Waals surface area contributed by atoms with Crippen LogP contribution in [0.25, 0.3) is 5.69 Å². The van der Waals surface area contributed by atoms with Crippen LogP contribution in [-0.2, 0) is 0 Å². The molecule has 25 heavy (non-hydrogen) atoms. The third-order valence-corrected chi connectivity index (χ3v) is 3.84. The van der Waals surface area contributed by atoms with Crippen molar-refractivity contribution >= 4 is 11.6 Å². The van der Waals surface area contributed by atoms with E-state index >= 15 is 0 Å². The molecular weight excluding hydrogens is 317 g/mol. The maximum absolute atomic E-state index is 14.1. The van der Waals surface area contributed by atoms with Crippen LogP contribution in [0.2, 0.25) is 0 Å². The van der Waals surface area contributed by atoms with E-state index in [9.17, 15) is 9.18 Å². The van der Waals surface area contributed by atoms with Crippen molar-refractivity contribution in [2.45, 2.75) is 13.8 Å². The van der Waals surface area contributed by atoms with Crippen molar-refractivity contribution in [3.05, 3.63) is 78.6 Å². The van der Waals surface area contributed by atoms with Crippen LogP contribution in [0, 0.1) is 11.7 Å². The van der Waals surface area contributed by atoms with Gasteiger partial charge >= 0.3 is 0 Å². The van der Waals surface area contributed by atoms with E-state index in [1.54, 1.807) is 29.6 Å². The number of aromatic nitrogens is 2. The molecule has 3 rings (SSSR count). The summed E-state index contributed by atoms with van der Waals surface area (Å²) >= 11 is 0. The van der Waals surface area contributed by atoms with E-state index in [4.69, 9.17) is 0 Å². The van der Waals surface area contributed by atoms with Crippen LogP contribution in [0.1, 0.15) is 24.2 Å². The lowest BCUT2D eigenvalue weighted by Gasteiger charge is -2.25. The zero-order valence-electron chi connectivity index (χ0n) is 14.3. The molecule has 0 spiro atoms. The SMILES string of the molecule is CC(C)CN(C(=O)c1ccccc1F)c1cccc(-n2ccnc2)c1. The molecule has 0 radical (unpaired) electrons. The Morgan fingerprint density at radius 1 is 1.20 bits per heavy atom. The molecule has 0 atom stereocenters. The number of amides is 1. The molecule has 1 aromatic heterocycles. The minimum Gasteiger partial charge on any atom is -0.308 e. The molecule has 4 nitrogen and oxygen atoms in total. The van der Waals surface area contributed by atoms with Gasteiger partial charge in [-0.1, -0.05) is 32.0 Å². The molecule has 0 N–H and O–H groups in total. The van der Waals surface area contributed by atoms with Crippen LogP contribution in [0.3, 0.4) is 0 Å². The van der Waals surface area contributed by atoms with Gasteiger partial charge in [0.25, 0.3) is 5.91 Å². The van der Waals surface area contributed by atoms with Crippen LogP contribution in [0.5, 0.6) is 0 Å². The van der Waals surface area contributed by atoms with Gasteiger partial charge in [0.1, 0.15) is 5.82 Å². The summed E-state index contributed by atoms with van der Waals surface area (Å²) < 4.78 is 16.0. The predicted octanol–water partition coefficient (Wildman–Crippen LogP) is 4.31. The Hall–Kier alpha value is -2.95. The zero-order chi connectivity index (χ0) is 17.8. The fourth-order valence-electron chi connectivity index (χ4n) is 2.68. The molecule has 2 aromatic carbocycles. The summed E-state index contributed by atoms with van der Waals surface area (Å²) in [5.74, 6) is -0.603. The molecule has 0 unspecified atom stereocenters. The molecule has 0 aliphatic carbocycles. The number of hydrogen-bond acceptors (Lipinski definition) is 2. The van der Waals surface area contributed by atoms with Crippen molar-refractivity contribution in [2.75, 3.05) is 11.4 Å². The van der Waals surface area contributed by atoms with Gasteiger partial charge in [0.2, 0.25) is 0 Å². The Bertz CT molecular complexity index is 859. The molecule has 0 aliphatic rings. The summed E-state index contributed by atoms with van der Waals surface area (Å²) in [6.07, 6.45) is 5.23. The fourth-order valence-corrected chi connectivity index (χ4v) is 2.68. The first-order chi connectivity index (χ1) is 12.1. The van der Waals surface area contributed by atoms with Crippen molar-refractivity contribution in [3.63, 3.8) is 0 Å². The lowest BCUT2D eigenvalue weighted by atomic mass is 10.1. The largest absolute Gasteiger partial charge is 0.308 e. The van der Waals surface area contributed by atoms with E-state index in [1.807, 2.05) is 48.9 Å². The number of hydrogen-bond donors (Lipinski definition) is 0. The van der Waals surface area contributed by atoms with Crippen LogP contribution >= 0.6 is 0 Å². The standard InChI is InChI=1S/C20H20FN3O/c1-15(2)13-24(20(25)18-8-3-4-9-19(18)21)17-7-5-6-16(12-17)23-11-10-22-14-23/h3-12,14-15H,13H2,1-2H3. The molecule has 0 saturated carbocycles. The number of benzene rings is 2. The number of carbonyl (C=O) groups is 1. The number of anilines is 1. The summed E-state index contributed by atoms with van der Waals surface area (Å²) in [5.41, 5.74) is 1.70. The number of nitrogens with zero attached hydrogens (tertiary/aromatic N) is 3. The summed E-state index contributed by atoms with van der Waals surface area (Å²) in [7, 11) is 0. The maximum Gasteiger partial charge on any atom is 0.261 e. The van der Waals surface area contributed by atoms with Gasteiger partial charge in [-0.05, 0) is 36.2 Å². The minimum absolute atomic E-state index is 0.0798. The fraction of sp³-hybridized carbons (Fsp3) is 0.200. The average molecular weight is 337 g/mol. The third kappa shape index (κ3) is 3.76. The van der Waals surface area contributed by atoms with Crippen molar-refractivity contribution in [3.8, 4) is 5.69 Å². The molecule has 0 bridgehead atoms. The van der Waals surface area contributed by atoms with Crippen LogP contribution in [0.4, 0.5) is 10.1 Å². The second-order valence-corrected chi connectivity index (χ2v) is 6.28. The highest BCUT2D eigenvalue weighted by Crippen LogP contribution is 2.23. The Labute approximate surface area is 146 Å². The Balaban J connectivity index is 2.00. The van der Waals surface area contributed by atoms with Gasteiger partial charge in [-0.3, -0.25) is 4.79 Å². The van der Waals surface area contributed by atoms with E-state index in [0.717, 1.165) is 11.4 Å². The Kier molecular flexibility index (Phi) is 4.93. The molecular formula is C20H20FN3O. The molecule has 0 aliphatic heterocycles. The van der Waals surface area contributed by atoms with E-state index in [0.29, 0.717) is 6.54 Å². The van der Waals surface area contributed by atoms with E-state index in [1.165, 1.54) is 12.1 Å². The van der Waals surface area contributed by atoms with Gasteiger partial charge in [-0.25, -0.2) is 9.37 Å². The summed E-state index contributed by atoms with van der Waals surface area (Å²) in [4.78, 5) is 18.6. The van der Waals surface area contributed by atoms with Crippen LogP contribution < -0.4 is 4.90 Å². The van der Waals surface area contributed by atoms with Crippen molar-refractivity contribution in [1.29, 1.82) is 0 Å². The quantitative estimate of drug-likeness (QED) is 0.696. The smallest absolute Gasteiger partial charge is 0.261 e. The number of imidazole rings is 1. The molecule has 5 heteroatoms. The summed E-state index contributed by atoms with van der Waals surface area (Å²) in [5, 5.41) is 0. The van der Waals surface area contributed by atoms with E-state index in [2.05, 4.69) is 4.98 Å². The number of halogens is 1. The van der Waals surface area contributed by atoms with Crippen molar-refractivity contribution in [2.24, 2.45) is 5.92 Å². The Morgan fingerprint density at radius 2 is 2.00 bits per heavy atom. The van der Waals surface area contributed by atoms with Gasteiger partial charge in [0.05, 0.1) is 11.9 Å². The summed E-state index contributed by atoms with van der Waals surface area (Å²) in [6, 6.07) is 13.7. The minimum atomic E-state index is -0.507. The monoisotopic (exact) mass is 337 g/mol. The van der Waals surface area contributed by atoms with Gasteiger partial charge in [0, 0.05) is 30.3 Å². The lowest BCUT2D eigenvalue weighted by Crippen LogP contribution is -2.34. The first-order valence-electron chi connectivity index (χ1n) is 8.21. The third-order valence-electron chi connectivity index (χ3n) is 3.84. The maximum atomic E-state index is 14.1. The topological polar surface area (TPSA) is 38.1 Å². The van der Waals surface area contributed by atoms with Gasteiger partial charge < -0.3 is 9.47 Å². The zero-order valence-corrected chi connectivity index (χ0v) is 14.3. The lowest BCUT2D eigenvalue weighted by molar-refractivity contribution is 0.0980.